The molecule has 0 radical (unpaired) electrons. The van der Waals surface area contributed by atoms with Crippen LogP contribution in [0.2, 0.25) is 0 Å². The van der Waals surface area contributed by atoms with E-state index in [2.05, 4.69) is 29.7 Å². The highest BCUT2D eigenvalue weighted by molar-refractivity contribution is 5.94. The van der Waals surface area contributed by atoms with Gasteiger partial charge in [-0.1, -0.05) is 41.5 Å². The van der Waals surface area contributed by atoms with Crippen molar-refractivity contribution in [2.24, 2.45) is 11.7 Å². The number of aliphatic hydroxyl groups excluding tert-OH is 12. The van der Waals surface area contributed by atoms with E-state index in [-0.39, 0.29) is 70.7 Å². The predicted octanol–water partition coefficient (Wildman–Crippen LogP) is 3.41. The van der Waals surface area contributed by atoms with Crippen molar-refractivity contribution in [3.05, 3.63) is 197 Å². The van der Waals surface area contributed by atoms with Crippen LogP contribution < -0.4 is 33.5 Å². The zero-order chi connectivity index (χ0) is 101. The molecular weight excluding hydrogens is 1750 g/mol. The van der Waals surface area contributed by atoms with Gasteiger partial charge in [0.15, 0.2) is 5.69 Å². The number of aromatic nitrogens is 10. The largest absolute Gasteiger partial charge is 0.476 e. The van der Waals surface area contributed by atoms with Gasteiger partial charge in [0.05, 0.1) is 126 Å². The molecule has 10 aromatic rings. The lowest BCUT2D eigenvalue weighted by Crippen LogP contribution is -2.42. The number of nitrogens with two attached hydrogens (primary N) is 1. The maximum Gasteiger partial charge on any atom is 0.362 e. The average molecular weight is 1880 g/mol. The van der Waals surface area contributed by atoms with E-state index in [0.717, 1.165) is 71.9 Å². The quantitative estimate of drug-likeness (QED) is 0.0207. The minimum atomic E-state index is -1.47. The normalized spacial score (nSPS) is 14.7. The molecule has 5 heterocycles. The van der Waals surface area contributed by atoms with E-state index in [1.165, 1.54) is 27.5 Å². The number of aryl methyl sites for hydroxylation is 10. The molecule has 16 N–H and O–H groups in total. The first kappa shape index (κ1) is 110. The number of fused-ring (bicyclic) bond motifs is 5. The second-order valence-electron chi connectivity index (χ2n) is 32.9. The summed E-state index contributed by atoms with van der Waals surface area (Å²) < 4.78 is 26.2. The molecule has 0 fully saturated rings. The number of carbonyl (C=O) groups is 7. The predicted molar refractivity (Wildman–Crippen MR) is 491 cm³/mol. The number of hydrogen-bond donors (Lipinski definition) is 15. The Morgan fingerprint density at radius 3 is 0.784 bits per heavy atom. The van der Waals surface area contributed by atoms with E-state index >= 15 is 0 Å². The highest BCUT2D eigenvalue weighted by Gasteiger charge is 2.35. The molecule has 0 unspecified atom stereocenters. The third-order valence-corrected chi connectivity index (χ3v) is 23.2. The van der Waals surface area contributed by atoms with Gasteiger partial charge >= 0.3 is 35.8 Å². The van der Waals surface area contributed by atoms with Gasteiger partial charge in [0.25, 0.3) is 33.7 Å². The van der Waals surface area contributed by atoms with Gasteiger partial charge < -0.3 is 119 Å². The van der Waals surface area contributed by atoms with Crippen molar-refractivity contribution in [3.8, 4) is 0 Å². The number of methoxy groups -OCH3 is 1. The molecule has 41 heteroatoms. The summed E-state index contributed by atoms with van der Waals surface area (Å²) in [4.78, 5) is 166. The number of benzene rings is 5. The zero-order valence-corrected chi connectivity index (χ0v) is 78.6. The molecule has 0 aliphatic carbocycles. The number of aromatic carboxylic acids is 2. The van der Waals surface area contributed by atoms with E-state index in [0.29, 0.717) is 61.6 Å². The summed E-state index contributed by atoms with van der Waals surface area (Å²) in [6.07, 6.45) is -15.9. The summed E-state index contributed by atoms with van der Waals surface area (Å²) in [5.74, 6) is -7.09. The Labute approximate surface area is 769 Å². The van der Waals surface area contributed by atoms with E-state index in [4.69, 9.17) is 19.9 Å². The monoisotopic (exact) mass is 1870 g/mol. The number of ether oxygens (including phenoxy) is 4. The lowest BCUT2D eigenvalue weighted by Gasteiger charge is -2.30. The molecular formula is C93H123N11O30. The number of hydrogen-bond acceptors (Lipinski definition) is 33. The number of aliphatic hydroxyl groups is 12. The van der Waals surface area contributed by atoms with Crippen LogP contribution >= 0.6 is 0 Å². The molecule has 41 nitrogen and oxygen atoms in total. The number of carboxylic acid groups (broad SMARTS) is 2. The van der Waals surface area contributed by atoms with Crippen molar-refractivity contribution in [3.63, 3.8) is 0 Å². The topological polar surface area (TPSA) is 640 Å². The van der Waals surface area contributed by atoms with Crippen LogP contribution in [0.4, 0.5) is 0 Å². The fourth-order valence-electron chi connectivity index (χ4n) is 14.3. The third kappa shape index (κ3) is 26.8. The van der Waals surface area contributed by atoms with Crippen LogP contribution in [0.3, 0.4) is 0 Å². The number of nitrogens with zero attached hydrogens (tertiary/aromatic N) is 10. The van der Waals surface area contributed by atoms with Gasteiger partial charge in [0.2, 0.25) is 22.8 Å². The first-order valence-electron chi connectivity index (χ1n) is 43.3. The van der Waals surface area contributed by atoms with Gasteiger partial charge in [-0.15, -0.1) is 0 Å². The lowest BCUT2D eigenvalue weighted by atomic mass is 9.95. The van der Waals surface area contributed by atoms with Crippen molar-refractivity contribution in [1.29, 1.82) is 0 Å². The maximum absolute atomic E-state index is 13.0. The molecule has 730 valence electrons. The average Bonchev–Trinajstić information content (AvgIpc) is 0.788. The number of primary amides is 1. The van der Waals surface area contributed by atoms with E-state index in [1.807, 2.05) is 76.2 Å². The van der Waals surface area contributed by atoms with Crippen LogP contribution in [0.5, 0.6) is 0 Å². The van der Waals surface area contributed by atoms with Crippen molar-refractivity contribution < 1.29 is 124 Å². The minimum Gasteiger partial charge on any atom is -0.476 e. The van der Waals surface area contributed by atoms with E-state index < -0.39 is 184 Å². The first-order valence-corrected chi connectivity index (χ1v) is 43.3. The highest BCUT2D eigenvalue weighted by Crippen LogP contribution is 2.28. The Kier molecular flexibility index (Phi) is 39.9. The van der Waals surface area contributed by atoms with Gasteiger partial charge in [-0.05, 0) is 225 Å². The van der Waals surface area contributed by atoms with Gasteiger partial charge in [-0.3, -0.25) is 38.4 Å². The third-order valence-electron chi connectivity index (χ3n) is 23.2. The summed E-state index contributed by atoms with van der Waals surface area (Å²) in [5, 5.41) is 138. The molecule has 0 bridgehead atoms. The van der Waals surface area contributed by atoms with E-state index in [1.54, 1.807) is 102 Å². The Morgan fingerprint density at radius 1 is 0.328 bits per heavy atom. The smallest absolute Gasteiger partial charge is 0.362 e. The molecule has 0 aliphatic rings. The van der Waals surface area contributed by atoms with Gasteiger partial charge in [0.1, 0.15) is 61.0 Å². The summed E-state index contributed by atoms with van der Waals surface area (Å²) in [5.41, 5.74) is 11.8. The van der Waals surface area contributed by atoms with Crippen molar-refractivity contribution in [1.82, 2.24) is 47.8 Å². The SMILES string of the molecule is CCOC(=O)c1nc2cc(C)c(C)cc2n(C[C@H](O)[C@H](O)[C@H](O)CC)c1=O.CC[C@@H](O)[C@@H](O)[C@@H](O)Cn1c(=O)c(C(=O)O)nc2cc(C)c(C)cc21.CC[C@@H](O)[C@@H](O)[C@@H](O)Cn1c(=O)c(C(=O)OC)nc2cc(C)c(C)cc21.CC[C@@H](O)[C@@H](O)[C@@H](O)Cn1c(=O)c(C(N)=O)nc2cc(C)c(C)cc21.CC[C@@H](OC(C)=O)[C@@H](C)[C@H](Cn1c(=O)c(C(=O)O)nc2cc(C)c(C)cc21)OC(C)=O. The summed E-state index contributed by atoms with van der Waals surface area (Å²) in [6.45, 7) is 31.7. The van der Waals surface area contributed by atoms with Crippen LogP contribution in [-0.2, 0) is 61.3 Å². The molecule has 10 rings (SSSR count). The van der Waals surface area contributed by atoms with Crippen LogP contribution in [-0.4, -0.2) is 260 Å². The molecule has 0 saturated carbocycles. The van der Waals surface area contributed by atoms with Crippen LogP contribution in [0.25, 0.3) is 55.2 Å². The molecule has 5 aromatic heterocycles. The Morgan fingerprint density at radius 2 is 0.552 bits per heavy atom. The number of carbonyl (C=O) groups excluding carboxylic acids is 5. The summed E-state index contributed by atoms with van der Waals surface area (Å²) >= 11 is 0. The molecule has 0 spiro atoms. The molecule has 5 aromatic carbocycles. The van der Waals surface area contributed by atoms with Gasteiger partial charge in [-0.25, -0.2) is 44.1 Å². The van der Waals surface area contributed by atoms with Crippen LogP contribution in [0, 0.1) is 75.2 Å². The standard InChI is InChI=1S/C22H28N2O7.C19H26N2O6.C18H24N2O6.C17H23N3O5.C17H22N2O6/c1-7-18(30-14(5)25)13(4)19(31-15(6)26)10-24-17-9-12(3)11(2)8-16(17)23-20(21(24)27)22(28)29;1-5-14(22)17(24)15(23)9-21-13-8-11(4)10(3)7-12(13)20-16(18(21)25)19(26)27-6-2;1-5-13(21)16(23)14(22)8-20-12-7-10(3)9(2)6-11(12)19-15(17(20)24)18(25)26-4;1-4-12(21)15(23)13(22)7-20-11-6-9(3)8(2)5-10(11)19-14(16(18)24)17(20)25;1-4-12(20)15(22)13(21)7-19-11-6-9(3)8(2)5-10(11)18-14(16(19)23)17(24)25/h8-9,13,18-19H,7,10H2,1-6H3,(H,28,29);7-8,14-15,17,22-24H,5-6,9H2,1-4H3;6-7,13-14,16,21-23H,5,8H2,1-4H3;5-6,12-13,15,21-23H,4,7H2,1-3H3,(H2,18,24);5-6,12-13,15,20-22H,4,7H2,1-3H3,(H,24,25)/t13-,18-,19+;14-,15+,17-;13-,14+,16-;2*12-,13+,15-/m11111/s1. The summed E-state index contributed by atoms with van der Waals surface area (Å²) in [6, 6.07) is 17.2. The molecule has 1 amide bonds. The number of esters is 4. The number of amides is 1. The molecule has 0 saturated heterocycles. The van der Waals surface area contributed by atoms with Crippen molar-refractivity contribution in [2.45, 2.75) is 282 Å². The van der Waals surface area contributed by atoms with Crippen molar-refractivity contribution >= 4 is 96.9 Å². The second-order valence-corrected chi connectivity index (χ2v) is 32.9. The molecule has 15 atom stereocenters. The highest BCUT2D eigenvalue weighted by atomic mass is 16.6. The van der Waals surface area contributed by atoms with Crippen LogP contribution in [0.15, 0.2) is 84.6 Å². The van der Waals surface area contributed by atoms with Gasteiger partial charge in [-0.2, -0.15) is 0 Å². The maximum atomic E-state index is 13.0. The Hall–Kier alpha value is -12.4. The number of carboxylic acids is 2. The van der Waals surface area contributed by atoms with Gasteiger partial charge in [0, 0.05) is 19.8 Å². The van der Waals surface area contributed by atoms with Crippen LogP contribution in [0.1, 0.15) is 202 Å². The number of rotatable bonds is 33. The molecule has 134 heavy (non-hydrogen) atoms. The minimum absolute atomic E-state index is 0.0922. The fraction of sp³-hybridized carbons (Fsp3) is 0.495. The fourth-order valence-corrected chi connectivity index (χ4v) is 14.3. The van der Waals surface area contributed by atoms with Crippen molar-refractivity contribution in [2.75, 3.05) is 13.7 Å². The second kappa shape index (κ2) is 48.5. The Balaban J connectivity index is 0.000000258. The lowest BCUT2D eigenvalue weighted by molar-refractivity contribution is -0.159. The first-order chi connectivity index (χ1) is 62.7. The molecule has 0 aliphatic heterocycles. The zero-order valence-electron chi connectivity index (χ0n) is 78.6. The van der Waals surface area contributed by atoms with E-state index in [9.17, 15) is 129 Å². The Bertz CT molecular complexity index is 6160. The summed E-state index contributed by atoms with van der Waals surface area (Å²) in [7, 11) is 1.15.